The Hall–Kier alpha value is -2.53. The van der Waals surface area contributed by atoms with Gasteiger partial charge in [0, 0.05) is 5.92 Å². The Morgan fingerprint density at radius 2 is 1.70 bits per heavy atom. The number of aryl methyl sites for hydroxylation is 1. The van der Waals surface area contributed by atoms with Crippen molar-refractivity contribution in [3.8, 4) is 0 Å². The number of hydrogen-bond donors (Lipinski definition) is 3. The Morgan fingerprint density at radius 3 is 2.26 bits per heavy atom. The summed E-state index contributed by atoms with van der Waals surface area (Å²) < 4.78 is 3.86. The Morgan fingerprint density at radius 1 is 1.11 bits per heavy atom. The molecule has 5 N–H and O–H groups in total. The molecule has 5 nitrogen and oxygen atoms in total. The Kier molecular flexibility index (Phi) is 6.50. The monoisotopic (exact) mass is 370 g/mol. The van der Waals surface area contributed by atoms with Crippen LogP contribution < -0.4 is 11.5 Å². The fraction of sp³-hybridized carbons (Fsp3) is 0.409. The van der Waals surface area contributed by atoms with Crippen LogP contribution in [0.2, 0.25) is 0 Å². The molecule has 3 rings (SSSR count). The summed E-state index contributed by atoms with van der Waals surface area (Å²) in [6.45, 7) is 7.07. The highest BCUT2D eigenvalue weighted by Gasteiger charge is 2.30. The molecule has 0 heterocycles. The van der Waals surface area contributed by atoms with E-state index in [0.29, 0.717) is 17.8 Å². The summed E-state index contributed by atoms with van der Waals surface area (Å²) >= 11 is 0. The summed E-state index contributed by atoms with van der Waals surface area (Å²) in [6.07, 6.45) is 1.46. The van der Waals surface area contributed by atoms with Gasteiger partial charge in [0.05, 0.1) is 24.6 Å². The van der Waals surface area contributed by atoms with Crippen LogP contribution in [0.5, 0.6) is 0 Å². The molecular weight excluding hydrogens is 340 g/mol. The summed E-state index contributed by atoms with van der Waals surface area (Å²) in [7, 11) is 1.31. The van der Waals surface area contributed by atoms with Crippen LogP contribution in [0.15, 0.2) is 36.4 Å². The molecule has 0 saturated heterocycles. The van der Waals surface area contributed by atoms with Gasteiger partial charge in [0.1, 0.15) is 0 Å². The highest BCUT2D eigenvalue weighted by molar-refractivity contribution is 5.65. The Labute approximate surface area is 161 Å². The first-order chi connectivity index (χ1) is 12.7. The molecule has 5 heteroatoms. The number of methoxy groups -OCH3 is 1. The van der Waals surface area contributed by atoms with Crippen LogP contribution >= 0.6 is 0 Å². The van der Waals surface area contributed by atoms with E-state index in [1.165, 1.54) is 18.2 Å². The first kappa shape index (κ1) is 20.8. The third-order valence-corrected chi connectivity index (χ3v) is 4.96. The number of fused-ring (bicyclic) bond motifs is 1. The minimum absolute atomic E-state index is 0.0281. The summed E-state index contributed by atoms with van der Waals surface area (Å²) in [5.41, 5.74) is 17.9. The molecule has 2 unspecified atom stereocenters. The number of aliphatic hydroxyl groups excluding tert-OH is 1. The lowest BCUT2D eigenvalue weighted by molar-refractivity contribution is -0.126. The van der Waals surface area contributed by atoms with E-state index in [-0.39, 0.29) is 17.4 Å². The maximum absolute atomic E-state index is 10.2. The van der Waals surface area contributed by atoms with Gasteiger partial charge < -0.3 is 21.3 Å². The quantitative estimate of drug-likeness (QED) is 0.564. The van der Waals surface area contributed by atoms with E-state index < -0.39 is 0 Å². The predicted molar refractivity (Wildman–Crippen MR) is 109 cm³/mol. The number of hydrogen-bond acceptors (Lipinski definition) is 5. The molecule has 2 atom stereocenters. The number of ether oxygens (including phenoxy) is 1. The largest absolute Gasteiger partial charge is 0.471 e. The van der Waals surface area contributed by atoms with Gasteiger partial charge in [-0.2, -0.15) is 0 Å². The molecule has 0 fully saturated rings. The van der Waals surface area contributed by atoms with Crippen LogP contribution in [-0.4, -0.2) is 18.7 Å². The van der Waals surface area contributed by atoms with Crippen molar-refractivity contribution in [3.63, 3.8) is 0 Å². The summed E-state index contributed by atoms with van der Waals surface area (Å²) in [4.78, 5) is 8.95. The summed E-state index contributed by atoms with van der Waals surface area (Å²) in [5.74, 6) is 0.198. The molecule has 146 valence electrons. The summed E-state index contributed by atoms with van der Waals surface area (Å²) in [5, 5.41) is 10.2. The number of nitrogen functional groups attached to an aromatic ring is 2. The topological polar surface area (TPSA) is 98.6 Å². The zero-order valence-corrected chi connectivity index (χ0v) is 16.5. The van der Waals surface area contributed by atoms with E-state index >= 15 is 0 Å². The van der Waals surface area contributed by atoms with Crippen molar-refractivity contribution in [2.75, 3.05) is 18.6 Å². The van der Waals surface area contributed by atoms with E-state index in [1.54, 1.807) is 0 Å². The molecule has 0 radical (unpaired) electrons. The van der Waals surface area contributed by atoms with Crippen molar-refractivity contribution < 1.29 is 14.6 Å². The van der Waals surface area contributed by atoms with E-state index in [4.69, 9.17) is 16.3 Å². The zero-order valence-electron chi connectivity index (χ0n) is 16.5. The molecule has 1 aliphatic carbocycles. The number of carbonyl (C=O) groups excluding carboxylic acids is 1. The second-order valence-corrected chi connectivity index (χ2v) is 8.03. The van der Waals surface area contributed by atoms with Crippen LogP contribution in [0, 0.1) is 5.41 Å². The maximum Gasteiger partial charge on any atom is 0.292 e. The van der Waals surface area contributed by atoms with Gasteiger partial charge in [0.15, 0.2) is 0 Å². The van der Waals surface area contributed by atoms with Gasteiger partial charge in [0.25, 0.3) is 6.47 Å². The van der Waals surface area contributed by atoms with Crippen molar-refractivity contribution in [2.24, 2.45) is 5.41 Å². The first-order valence-electron chi connectivity index (χ1n) is 9.11. The number of nitrogens with two attached hydrogens (primary N) is 2. The molecule has 0 aliphatic heterocycles. The van der Waals surface area contributed by atoms with E-state index in [0.717, 1.165) is 24.0 Å². The fourth-order valence-corrected chi connectivity index (χ4v) is 3.74. The Balaban J connectivity index is 0.000000596. The number of benzene rings is 2. The van der Waals surface area contributed by atoms with Crippen LogP contribution in [0.1, 0.15) is 61.5 Å². The molecule has 0 saturated carbocycles. The highest BCUT2D eigenvalue weighted by Crippen LogP contribution is 2.43. The van der Waals surface area contributed by atoms with Crippen LogP contribution in [0.4, 0.5) is 11.4 Å². The standard InChI is InChI=1S/C20H26N2O.C2H4O2/c1-20(2,3)19(14-6-8-16(21)17(22)11-14)13-5-4-12-7-9-18(23)15(12)10-13;1-4-2-3/h4-6,8,10-11,18-19,23H,7,9,21-22H2,1-3H3;2H,1H3. The summed E-state index contributed by atoms with van der Waals surface area (Å²) in [6, 6.07) is 12.5. The lowest BCUT2D eigenvalue weighted by Gasteiger charge is -2.32. The third-order valence-electron chi connectivity index (χ3n) is 4.96. The van der Waals surface area contributed by atoms with Gasteiger partial charge in [-0.3, -0.25) is 4.79 Å². The van der Waals surface area contributed by atoms with Crippen LogP contribution in [-0.2, 0) is 16.0 Å². The highest BCUT2D eigenvalue weighted by atomic mass is 16.5. The molecular formula is C22H30N2O3. The fourth-order valence-electron chi connectivity index (χ4n) is 3.74. The van der Waals surface area contributed by atoms with E-state index in [1.807, 2.05) is 12.1 Å². The van der Waals surface area contributed by atoms with E-state index in [9.17, 15) is 5.11 Å². The smallest absolute Gasteiger partial charge is 0.292 e. The first-order valence-corrected chi connectivity index (χ1v) is 9.11. The van der Waals surface area contributed by atoms with Gasteiger partial charge in [0.2, 0.25) is 0 Å². The molecule has 0 aromatic heterocycles. The SMILES string of the molecule is CC(C)(C)C(c1ccc(N)c(N)c1)c1ccc2c(c1)C(O)CC2.COC=O. The van der Waals surface area contributed by atoms with Gasteiger partial charge in [-0.1, -0.05) is 45.0 Å². The minimum atomic E-state index is -0.331. The number of anilines is 2. The predicted octanol–water partition coefficient (Wildman–Crippen LogP) is 3.80. The molecule has 1 aliphatic rings. The van der Waals surface area contributed by atoms with Crippen molar-refractivity contribution >= 4 is 17.8 Å². The second-order valence-electron chi connectivity index (χ2n) is 8.03. The zero-order chi connectivity index (χ0) is 20.2. The van der Waals surface area contributed by atoms with Gasteiger partial charge >= 0.3 is 0 Å². The van der Waals surface area contributed by atoms with Crippen LogP contribution in [0.25, 0.3) is 0 Å². The number of carbonyl (C=O) groups is 1. The van der Waals surface area contributed by atoms with Crippen molar-refractivity contribution in [1.29, 1.82) is 0 Å². The molecule has 27 heavy (non-hydrogen) atoms. The van der Waals surface area contributed by atoms with E-state index in [2.05, 4.69) is 49.8 Å². The Bertz CT molecular complexity index is 797. The molecule has 2 aromatic carbocycles. The average Bonchev–Trinajstić information content (AvgIpc) is 2.98. The lowest BCUT2D eigenvalue weighted by atomic mass is 9.72. The second kappa shape index (κ2) is 8.44. The minimum Gasteiger partial charge on any atom is -0.471 e. The van der Waals surface area contributed by atoms with Crippen molar-refractivity contribution in [3.05, 3.63) is 58.7 Å². The van der Waals surface area contributed by atoms with Crippen LogP contribution in [0.3, 0.4) is 0 Å². The van der Waals surface area contributed by atoms with Gasteiger partial charge in [-0.15, -0.1) is 0 Å². The van der Waals surface area contributed by atoms with Crippen molar-refractivity contribution in [2.45, 2.75) is 45.6 Å². The van der Waals surface area contributed by atoms with Crippen molar-refractivity contribution in [1.82, 2.24) is 0 Å². The average molecular weight is 370 g/mol. The lowest BCUT2D eigenvalue weighted by Crippen LogP contribution is -2.20. The molecule has 0 bridgehead atoms. The number of aliphatic hydroxyl groups is 1. The molecule has 0 spiro atoms. The molecule has 0 amide bonds. The number of rotatable bonds is 3. The molecule has 2 aromatic rings. The maximum atomic E-state index is 10.2. The normalized spacial score (nSPS) is 16.7. The van der Waals surface area contributed by atoms with Gasteiger partial charge in [-0.25, -0.2) is 0 Å². The third kappa shape index (κ3) is 4.80. The van der Waals surface area contributed by atoms with Gasteiger partial charge in [-0.05, 0) is 52.6 Å².